The third kappa shape index (κ3) is 7.75. The summed E-state index contributed by atoms with van der Waals surface area (Å²) in [4.78, 5) is 6.15. The van der Waals surface area contributed by atoms with E-state index in [1.165, 1.54) is 12.1 Å². The van der Waals surface area contributed by atoms with Crippen molar-refractivity contribution in [2.24, 2.45) is 0 Å². The van der Waals surface area contributed by atoms with Gasteiger partial charge in [-0.1, -0.05) is 53.5 Å². The fourth-order valence-corrected chi connectivity index (χ4v) is 4.79. The predicted octanol–water partition coefficient (Wildman–Crippen LogP) is 7.96. The highest BCUT2D eigenvalue weighted by molar-refractivity contribution is 7.80. The topological polar surface area (TPSA) is 56.9 Å². The third-order valence-corrected chi connectivity index (χ3v) is 7.43. The Morgan fingerprint density at radius 1 is 1.07 bits per heavy atom. The van der Waals surface area contributed by atoms with Crippen molar-refractivity contribution in [1.82, 2.24) is 14.5 Å². The van der Waals surface area contributed by atoms with E-state index >= 15 is 0 Å². The Balaban J connectivity index is 1.47. The smallest absolute Gasteiger partial charge is 0.345 e. The lowest BCUT2D eigenvalue weighted by Crippen LogP contribution is -2.35. The highest BCUT2D eigenvalue weighted by atomic mass is 35.5. The molecule has 5 nitrogen and oxygen atoms in total. The summed E-state index contributed by atoms with van der Waals surface area (Å²) in [5, 5.41) is 13.0. The van der Waals surface area contributed by atoms with Gasteiger partial charge >= 0.3 is 6.18 Å². The summed E-state index contributed by atoms with van der Waals surface area (Å²) >= 11 is 18.3. The fourth-order valence-electron chi connectivity index (χ4n) is 4.14. The number of aromatic nitrogens is 2. The van der Waals surface area contributed by atoms with Crippen molar-refractivity contribution in [2.75, 3.05) is 11.9 Å². The summed E-state index contributed by atoms with van der Waals surface area (Å²) in [7, 11) is 0. The van der Waals surface area contributed by atoms with Crippen molar-refractivity contribution in [2.45, 2.75) is 32.1 Å². The van der Waals surface area contributed by atoms with Crippen molar-refractivity contribution in [1.29, 1.82) is 5.26 Å². The fraction of sp³-hybridized carbons (Fsp3) is 0.207. The van der Waals surface area contributed by atoms with Crippen molar-refractivity contribution in [3.63, 3.8) is 0 Å². The van der Waals surface area contributed by atoms with Gasteiger partial charge in [-0.2, -0.15) is 18.4 Å². The van der Waals surface area contributed by atoms with Gasteiger partial charge in [0, 0.05) is 37.2 Å². The Hall–Kier alpha value is -3.58. The number of hydrogen-bond acceptors (Lipinski definition) is 3. The number of thiocarbonyl (C=S) groups is 1. The first-order valence-electron chi connectivity index (χ1n) is 12.3. The van der Waals surface area contributed by atoms with E-state index < -0.39 is 11.7 Å². The van der Waals surface area contributed by atoms with Gasteiger partial charge in [0.2, 0.25) is 0 Å². The molecule has 11 heteroatoms. The average Bonchev–Trinajstić information content (AvgIpc) is 3.37. The molecule has 0 aliphatic rings. The predicted molar refractivity (Wildman–Crippen MR) is 155 cm³/mol. The third-order valence-electron chi connectivity index (χ3n) is 6.22. The summed E-state index contributed by atoms with van der Waals surface area (Å²) < 4.78 is 41.7. The molecule has 1 aromatic heterocycles. The Morgan fingerprint density at radius 3 is 2.55 bits per heavy atom. The SMILES string of the molecule is N#Cc1ccc(Cn2cncc2CCCN(Cc2cccc(Cl)c2Cl)C(=S)Nc2cccc(C(F)(F)F)c2)cc1. The minimum absolute atomic E-state index is 0.238. The van der Waals surface area contributed by atoms with E-state index in [1.54, 1.807) is 36.8 Å². The molecule has 0 bridgehead atoms. The quantitative estimate of drug-likeness (QED) is 0.197. The van der Waals surface area contributed by atoms with Crippen LogP contribution in [0.3, 0.4) is 0 Å². The number of nitriles is 1. The minimum atomic E-state index is -4.46. The molecule has 4 aromatic rings. The number of nitrogens with one attached hydrogen (secondary N) is 1. The molecular weight excluding hydrogens is 578 g/mol. The van der Waals surface area contributed by atoms with Gasteiger partial charge in [-0.25, -0.2) is 4.98 Å². The molecule has 1 N–H and O–H groups in total. The van der Waals surface area contributed by atoms with Crippen LogP contribution in [-0.4, -0.2) is 26.1 Å². The summed E-state index contributed by atoms with van der Waals surface area (Å²) in [5.41, 5.74) is 2.88. The molecule has 206 valence electrons. The van der Waals surface area contributed by atoms with Crippen LogP contribution in [0.15, 0.2) is 79.3 Å². The number of alkyl halides is 3. The molecule has 0 atom stereocenters. The largest absolute Gasteiger partial charge is 0.416 e. The highest BCUT2D eigenvalue weighted by Crippen LogP contribution is 2.31. The van der Waals surface area contributed by atoms with Crippen LogP contribution in [0.1, 0.15) is 34.4 Å². The van der Waals surface area contributed by atoms with Gasteiger partial charge in [-0.05, 0) is 72.6 Å². The zero-order chi connectivity index (χ0) is 28.7. The van der Waals surface area contributed by atoms with Gasteiger partial charge < -0.3 is 14.8 Å². The molecule has 40 heavy (non-hydrogen) atoms. The van der Waals surface area contributed by atoms with Crippen LogP contribution < -0.4 is 5.32 Å². The van der Waals surface area contributed by atoms with Crippen LogP contribution in [0.4, 0.5) is 18.9 Å². The Morgan fingerprint density at radius 2 is 1.82 bits per heavy atom. The van der Waals surface area contributed by atoms with E-state index in [0.29, 0.717) is 48.1 Å². The van der Waals surface area contributed by atoms with Crippen molar-refractivity contribution in [3.05, 3.63) is 117 Å². The van der Waals surface area contributed by atoms with Crippen LogP contribution in [0, 0.1) is 11.3 Å². The number of aryl methyl sites for hydroxylation is 1. The second-order valence-electron chi connectivity index (χ2n) is 9.07. The van der Waals surface area contributed by atoms with Crippen LogP contribution in [0.2, 0.25) is 10.0 Å². The molecule has 0 amide bonds. The maximum Gasteiger partial charge on any atom is 0.416 e. The lowest BCUT2D eigenvalue weighted by Gasteiger charge is -2.27. The average molecular weight is 603 g/mol. The number of nitrogens with zero attached hydrogens (tertiary/aromatic N) is 4. The van der Waals surface area contributed by atoms with E-state index in [-0.39, 0.29) is 10.8 Å². The van der Waals surface area contributed by atoms with Crippen molar-refractivity contribution >= 4 is 46.2 Å². The number of benzene rings is 3. The summed E-state index contributed by atoms with van der Waals surface area (Å²) in [6, 6.07) is 19.7. The molecule has 0 fully saturated rings. The zero-order valence-electron chi connectivity index (χ0n) is 21.1. The zero-order valence-corrected chi connectivity index (χ0v) is 23.5. The second-order valence-corrected chi connectivity index (χ2v) is 10.2. The van der Waals surface area contributed by atoms with E-state index in [9.17, 15) is 13.2 Å². The summed E-state index contributed by atoms with van der Waals surface area (Å²) in [5.74, 6) is 0. The first kappa shape index (κ1) is 29.4. The van der Waals surface area contributed by atoms with Crippen LogP contribution in [-0.2, 0) is 25.7 Å². The molecule has 0 aliphatic carbocycles. The Labute approximate surface area is 245 Å². The Kier molecular flexibility index (Phi) is 9.69. The molecule has 1 heterocycles. The maximum absolute atomic E-state index is 13.2. The summed E-state index contributed by atoms with van der Waals surface area (Å²) in [6.07, 6.45) is 0.468. The number of rotatable bonds is 9. The van der Waals surface area contributed by atoms with Gasteiger partial charge in [0.25, 0.3) is 0 Å². The molecule has 0 saturated carbocycles. The first-order chi connectivity index (χ1) is 19.1. The van der Waals surface area contributed by atoms with Gasteiger partial charge in [0.1, 0.15) is 0 Å². The molecule has 0 saturated heterocycles. The van der Waals surface area contributed by atoms with Crippen molar-refractivity contribution in [3.8, 4) is 6.07 Å². The molecular formula is C29H24Cl2F3N5S. The molecule has 0 aliphatic heterocycles. The molecule has 0 unspecified atom stereocenters. The van der Waals surface area contributed by atoms with E-state index in [4.69, 9.17) is 40.7 Å². The lowest BCUT2D eigenvalue weighted by molar-refractivity contribution is -0.137. The maximum atomic E-state index is 13.2. The van der Waals surface area contributed by atoms with E-state index in [1.807, 2.05) is 27.7 Å². The van der Waals surface area contributed by atoms with E-state index in [2.05, 4.69) is 16.4 Å². The number of hydrogen-bond donors (Lipinski definition) is 1. The molecule has 0 spiro atoms. The number of halogens is 5. The normalized spacial score (nSPS) is 11.2. The standard InChI is InChI=1S/C29H24Cl2F3N5S/c30-26-8-1-4-22(27(26)31)18-38(28(40)37-24-6-2-5-23(14-24)29(32,33)34)13-3-7-25-16-36-19-39(25)17-21-11-9-20(15-35)10-12-21/h1-2,4-6,8-12,14,16,19H,3,7,13,17-18H2,(H,37,40). The minimum Gasteiger partial charge on any atom is -0.345 e. The van der Waals surface area contributed by atoms with Gasteiger partial charge in [0.05, 0.1) is 33.6 Å². The van der Waals surface area contributed by atoms with Gasteiger partial charge in [0.15, 0.2) is 5.11 Å². The lowest BCUT2D eigenvalue weighted by atomic mass is 10.1. The molecule has 3 aromatic carbocycles. The van der Waals surface area contributed by atoms with Gasteiger partial charge in [-0.3, -0.25) is 0 Å². The van der Waals surface area contributed by atoms with Crippen LogP contribution in [0.25, 0.3) is 0 Å². The highest BCUT2D eigenvalue weighted by Gasteiger charge is 2.30. The second kappa shape index (κ2) is 13.2. The number of anilines is 1. The van der Waals surface area contributed by atoms with Crippen LogP contribution in [0.5, 0.6) is 0 Å². The molecule has 4 rings (SSSR count). The Bertz CT molecular complexity index is 1510. The molecule has 0 radical (unpaired) electrons. The number of imidazole rings is 1. The summed E-state index contributed by atoms with van der Waals surface area (Å²) in [6.45, 7) is 1.42. The van der Waals surface area contributed by atoms with E-state index in [0.717, 1.165) is 29.0 Å². The van der Waals surface area contributed by atoms with Crippen molar-refractivity contribution < 1.29 is 13.2 Å². The monoisotopic (exact) mass is 601 g/mol. The first-order valence-corrected chi connectivity index (χ1v) is 13.4. The van der Waals surface area contributed by atoms with Gasteiger partial charge in [-0.15, -0.1) is 0 Å². The van der Waals surface area contributed by atoms with Crippen LogP contribution >= 0.6 is 35.4 Å².